The smallest absolute Gasteiger partial charge is 0.240 e. The molecule has 0 aromatic rings. The predicted molar refractivity (Wildman–Crippen MR) is 83.7 cm³/mol. The van der Waals surface area contributed by atoms with E-state index in [1.807, 2.05) is 0 Å². The van der Waals surface area contributed by atoms with E-state index < -0.39 is 0 Å². The summed E-state index contributed by atoms with van der Waals surface area (Å²) in [5, 5.41) is 6.82. The van der Waals surface area contributed by atoms with Gasteiger partial charge in [-0.25, -0.2) is 0 Å². The van der Waals surface area contributed by atoms with Crippen molar-refractivity contribution in [1.82, 2.24) is 10.6 Å². The van der Waals surface area contributed by atoms with Gasteiger partial charge in [0.05, 0.1) is 5.54 Å². The van der Waals surface area contributed by atoms with Gasteiger partial charge in [0.1, 0.15) is 0 Å². The van der Waals surface area contributed by atoms with E-state index in [9.17, 15) is 4.79 Å². The largest absolute Gasteiger partial charge is 0.352 e. The van der Waals surface area contributed by atoms with E-state index in [0.717, 1.165) is 32.2 Å². The number of nitrogens with one attached hydrogen (secondary N) is 2. The highest BCUT2D eigenvalue weighted by atomic mass is 16.2. The average Bonchev–Trinajstić information content (AvgIpc) is 2.75. The van der Waals surface area contributed by atoms with Crippen LogP contribution in [0.25, 0.3) is 0 Å². The van der Waals surface area contributed by atoms with Crippen LogP contribution in [-0.4, -0.2) is 24.0 Å². The first-order chi connectivity index (χ1) is 9.68. The van der Waals surface area contributed by atoms with Crippen molar-refractivity contribution < 1.29 is 4.79 Å². The van der Waals surface area contributed by atoms with Crippen molar-refractivity contribution >= 4 is 5.91 Å². The van der Waals surface area contributed by atoms with Crippen molar-refractivity contribution in [2.24, 2.45) is 5.92 Å². The van der Waals surface area contributed by atoms with E-state index in [1.165, 1.54) is 38.5 Å². The molecule has 3 nitrogen and oxygen atoms in total. The fourth-order valence-electron chi connectivity index (χ4n) is 4.03. The van der Waals surface area contributed by atoms with Crippen molar-refractivity contribution in [1.29, 1.82) is 0 Å². The molecule has 1 saturated heterocycles. The van der Waals surface area contributed by atoms with Crippen molar-refractivity contribution in [2.45, 2.75) is 89.6 Å². The Balaban J connectivity index is 1.91. The molecule has 2 aliphatic rings. The van der Waals surface area contributed by atoms with Gasteiger partial charge in [-0.3, -0.25) is 4.79 Å². The lowest BCUT2D eigenvalue weighted by atomic mass is 9.88. The number of rotatable bonds is 5. The number of carbonyl (C=O) groups excluding carboxylic acids is 1. The fourth-order valence-corrected chi connectivity index (χ4v) is 4.03. The number of carbonyl (C=O) groups is 1. The van der Waals surface area contributed by atoms with E-state index in [4.69, 9.17) is 0 Å². The molecule has 2 N–H and O–H groups in total. The number of hydrogen-bond donors (Lipinski definition) is 2. The van der Waals surface area contributed by atoms with Gasteiger partial charge in [-0.1, -0.05) is 39.0 Å². The molecular formula is C17H32N2O. The first-order valence-corrected chi connectivity index (χ1v) is 8.74. The van der Waals surface area contributed by atoms with Gasteiger partial charge >= 0.3 is 0 Å². The maximum absolute atomic E-state index is 12.7. The normalized spacial score (nSPS) is 29.9. The molecule has 0 aromatic carbocycles. The molecule has 116 valence electrons. The molecule has 1 heterocycles. The highest BCUT2D eigenvalue weighted by Gasteiger charge is 2.40. The molecule has 0 spiro atoms. The first kappa shape index (κ1) is 15.8. The summed E-state index contributed by atoms with van der Waals surface area (Å²) in [5.41, 5.74) is -0.270. The molecular weight excluding hydrogens is 248 g/mol. The summed E-state index contributed by atoms with van der Waals surface area (Å²) in [4.78, 5) is 12.7. The molecule has 2 rings (SSSR count). The zero-order chi connectivity index (χ0) is 14.4. The molecule has 1 unspecified atom stereocenters. The molecule has 0 aromatic heterocycles. The van der Waals surface area contributed by atoms with Crippen molar-refractivity contribution in [3.63, 3.8) is 0 Å². The monoisotopic (exact) mass is 280 g/mol. The Morgan fingerprint density at radius 2 is 1.95 bits per heavy atom. The minimum Gasteiger partial charge on any atom is -0.352 e. The van der Waals surface area contributed by atoms with Gasteiger partial charge < -0.3 is 10.6 Å². The Morgan fingerprint density at radius 3 is 2.50 bits per heavy atom. The van der Waals surface area contributed by atoms with Gasteiger partial charge in [-0.05, 0) is 51.5 Å². The first-order valence-electron chi connectivity index (χ1n) is 8.74. The minimum atomic E-state index is -0.270. The topological polar surface area (TPSA) is 41.1 Å². The molecule has 3 heteroatoms. The Morgan fingerprint density at radius 1 is 1.25 bits per heavy atom. The molecule has 1 aliphatic heterocycles. The standard InChI is InChI=1S/C17H32N2O/c1-3-11-17(12-8-13-18-17)16(20)19-14(2)15-9-6-4-5-7-10-15/h14-15,18H,3-13H2,1-2H3,(H,19,20)/t14-,17?/m1/s1. The number of amides is 1. The van der Waals surface area contributed by atoms with Gasteiger partial charge in [0.2, 0.25) is 5.91 Å². The van der Waals surface area contributed by atoms with Crippen LogP contribution < -0.4 is 10.6 Å². The lowest BCUT2D eigenvalue weighted by molar-refractivity contribution is -0.128. The molecule has 2 fully saturated rings. The quantitative estimate of drug-likeness (QED) is 0.758. The average molecular weight is 280 g/mol. The maximum Gasteiger partial charge on any atom is 0.240 e. The third-order valence-corrected chi connectivity index (χ3v) is 5.32. The Kier molecular flexibility index (Phi) is 5.88. The van der Waals surface area contributed by atoms with Gasteiger partial charge in [0.15, 0.2) is 0 Å². The van der Waals surface area contributed by atoms with Crippen LogP contribution >= 0.6 is 0 Å². The summed E-state index contributed by atoms with van der Waals surface area (Å²) >= 11 is 0. The van der Waals surface area contributed by atoms with Crippen LogP contribution in [0.2, 0.25) is 0 Å². The van der Waals surface area contributed by atoms with E-state index >= 15 is 0 Å². The summed E-state index contributed by atoms with van der Waals surface area (Å²) < 4.78 is 0. The lowest BCUT2D eigenvalue weighted by Gasteiger charge is -2.32. The fraction of sp³-hybridized carbons (Fsp3) is 0.941. The molecule has 1 amide bonds. The third kappa shape index (κ3) is 3.75. The van der Waals surface area contributed by atoms with Crippen LogP contribution in [0.1, 0.15) is 78.1 Å². The van der Waals surface area contributed by atoms with Crippen LogP contribution in [0.4, 0.5) is 0 Å². The van der Waals surface area contributed by atoms with Gasteiger partial charge in [0, 0.05) is 6.04 Å². The molecule has 1 aliphatic carbocycles. The van der Waals surface area contributed by atoms with E-state index in [-0.39, 0.29) is 11.4 Å². The SMILES string of the molecule is CCCC1(C(=O)N[C@H](C)C2CCCCCC2)CCCN1. The van der Waals surface area contributed by atoms with E-state index in [2.05, 4.69) is 24.5 Å². The Hall–Kier alpha value is -0.570. The molecule has 20 heavy (non-hydrogen) atoms. The molecule has 0 bridgehead atoms. The maximum atomic E-state index is 12.7. The van der Waals surface area contributed by atoms with Crippen molar-refractivity contribution in [2.75, 3.05) is 6.54 Å². The van der Waals surface area contributed by atoms with Crippen molar-refractivity contribution in [3.05, 3.63) is 0 Å². The van der Waals surface area contributed by atoms with E-state index in [0.29, 0.717) is 12.0 Å². The molecule has 0 radical (unpaired) electrons. The van der Waals surface area contributed by atoms with E-state index in [1.54, 1.807) is 0 Å². The Labute approximate surface area is 124 Å². The summed E-state index contributed by atoms with van der Waals surface area (Å²) in [6.07, 6.45) is 12.2. The minimum absolute atomic E-state index is 0.258. The van der Waals surface area contributed by atoms with Crippen molar-refractivity contribution in [3.8, 4) is 0 Å². The zero-order valence-electron chi connectivity index (χ0n) is 13.3. The summed E-state index contributed by atoms with van der Waals surface area (Å²) in [6, 6.07) is 0.330. The van der Waals surface area contributed by atoms with Crippen LogP contribution in [0, 0.1) is 5.92 Å². The van der Waals surface area contributed by atoms with Crippen LogP contribution in [0.3, 0.4) is 0 Å². The predicted octanol–water partition coefficient (Wildman–Crippen LogP) is 3.38. The second kappa shape index (κ2) is 7.44. The number of hydrogen-bond acceptors (Lipinski definition) is 2. The molecule has 1 saturated carbocycles. The summed E-state index contributed by atoms with van der Waals surface area (Å²) in [5.74, 6) is 0.940. The van der Waals surface area contributed by atoms with Gasteiger partial charge in [-0.15, -0.1) is 0 Å². The van der Waals surface area contributed by atoms with Crippen LogP contribution in [-0.2, 0) is 4.79 Å². The lowest BCUT2D eigenvalue weighted by Crippen LogP contribution is -2.56. The molecule has 2 atom stereocenters. The highest BCUT2D eigenvalue weighted by Crippen LogP contribution is 2.28. The summed E-state index contributed by atoms with van der Waals surface area (Å²) in [7, 11) is 0. The Bertz CT molecular complexity index is 302. The second-order valence-corrected chi connectivity index (χ2v) is 6.88. The second-order valence-electron chi connectivity index (χ2n) is 6.88. The summed E-state index contributed by atoms with van der Waals surface area (Å²) in [6.45, 7) is 5.37. The highest BCUT2D eigenvalue weighted by molar-refractivity contribution is 5.86. The van der Waals surface area contributed by atoms with Gasteiger partial charge in [0.25, 0.3) is 0 Å². The van der Waals surface area contributed by atoms with Crippen LogP contribution in [0.5, 0.6) is 0 Å². The van der Waals surface area contributed by atoms with Crippen LogP contribution in [0.15, 0.2) is 0 Å². The zero-order valence-corrected chi connectivity index (χ0v) is 13.3. The van der Waals surface area contributed by atoms with Gasteiger partial charge in [-0.2, -0.15) is 0 Å². The third-order valence-electron chi connectivity index (χ3n) is 5.32.